The maximum absolute atomic E-state index is 4.55. The summed E-state index contributed by atoms with van der Waals surface area (Å²) >= 11 is 0. The van der Waals surface area contributed by atoms with E-state index in [1.807, 2.05) is 11.7 Å². The van der Waals surface area contributed by atoms with E-state index in [9.17, 15) is 0 Å². The monoisotopic (exact) mass is 249 g/mol. The van der Waals surface area contributed by atoms with Crippen molar-refractivity contribution in [3.63, 3.8) is 0 Å². The smallest absolute Gasteiger partial charge is 0.0750 e. The molecule has 0 unspecified atom stereocenters. The number of hydrogen-bond acceptors (Lipinski definition) is 2. The van der Waals surface area contributed by atoms with Crippen molar-refractivity contribution in [1.29, 1.82) is 0 Å². The third kappa shape index (κ3) is 4.65. The summed E-state index contributed by atoms with van der Waals surface area (Å²) in [7, 11) is 1.98. The first kappa shape index (κ1) is 15.0. The molecule has 0 fully saturated rings. The van der Waals surface area contributed by atoms with Crippen LogP contribution in [0.1, 0.15) is 45.9 Å². The summed E-state index contributed by atoms with van der Waals surface area (Å²) in [5.41, 5.74) is 2.47. The van der Waals surface area contributed by atoms with Crippen LogP contribution in [0, 0.1) is 5.92 Å². The van der Waals surface area contributed by atoms with Crippen LogP contribution in [0.25, 0.3) is 6.08 Å². The number of nitrogens with one attached hydrogen (secondary N) is 1. The zero-order chi connectivity index (χ0) is 13.8. The minimum absolute atomic E-state index is 0.0896. The Kier molecular flexibility index (Phi) is 5.15. The van der Waals surface area contributed by atoms with E-state index in [-0.39, 0.29) is 5.41 Å². The van der Waals surface area contributed by atoms with E-state index in [0.29, 0.717) is 5.92 Å². The Morgan fingerprint density at radius 3 is 2.61 bits per heavy atom. The molecule has 0 aliphatic carbocycles. The second-order valence-electron chi connectivity index (χ2n) is 6.31. The quantitative estimate of drug-likeness (QED) is 0.813. The molecule has 1 rings (SSSR count). The SMILES string of the molecule is CC(C)CNC/C=C/c1cn(C)nc1C(C)(C)C. The lowest BCUT2D eigenvalue weighted by Gasteiger charge is -2.16. The molecule has 3 heteroatoms. The fraction of sp³-hybridized carbons (Fsp3) is 0.667. The van der Waals surface area contributed by atoms with Gasteiger partial charge < -0.3 is 5.32 Å². The van der Waals surface area contributed by atoms with E-state index < -0.39 is 0 Å². The molecule has 0 amide bonds. The van der Waals surface area contributed by atoms with Gasteiger partial charge in [0.05, 0.1) is 5.69 Å². The molecule has 3 nitrogen and oxygen atoms in total. The second kappa shape index (κ2) is 6.19. The van der Waals surface area contributed by atoms with E-state index >= 15 is 0 Å². The lowest BCUT2D eigenvalue weighted by Crippen LogP contribution is -2.19. The summed E-state index contributed by atoms with van der Waals surface area (Å²) in [6.07, 6.45) is 6.43. The van der Waals surface area contributed by atoms with Gasteiger partial charge in [-0.2, -0.15) is 5.10 Å². The first-order valence-corrected chi connectivity index (χ1v) is 6.72. The first-order chi connectivity index (χ1) is 8.30. The Hall–Kier alpha value is -1.09. The van der Waals surface area contributed by atoms with Crippen LogP contribution >= 0.6 is 0 Å². The third-order valence-corrected chi connectivity index (χ3v) is 2.68. The fourth-order valence-corrected chi connectivity index (χ4v) is 1.85. The van der Waals surface area contributed by atoms with Crippen molar-refractivity contribution in [3.05, 3.63) is 23.5 Å². The molecule has 0 spiro atoms. The van der Waals surface area contributed by atoms with Crippen LogP contribution in [0.15, 0.2) is 12.3 Å². The van der Waals surface area contributed by atoms with Gasteiger partial charge in [0.25, 0.3) is 0 Å². The Morgan fingerprint density at radius 2 is 2.06 bits per heavy atom. The summed E-state index contributed by atoms with van der Waals surface area (Å²) in [4.78, 5) is 0. The Morgan fingerprint density at radius 1 is 1.39 bits per heavy atom. The average molecular weight is 249 g/mol. The maximum Gasteiger partial charge on any atom is 0.0750 e. The topological polar surface area (TPSA) is 29.9 Å². The summed E-state index contributed by atoms with van der Waals surface area (Å²) < 4.78 is 1.89. The molecule has 0 radical (unpaired) electrons. The van der Waals surface area contributed by atoms with Gasteiger partial charge in [-0.3, -0.25) is 4.68 Å². The molecule has 1 aromatic rings. The summed E-state index contributed by atoms with van der Waals surface area (Å²) in [6, 6.07) is 0. The van der Waals surface area contributed by atoms with Crippen LogP contribution in [-0.2, 0) is 12.5 Å². The van der Waals surface area contributed by atoms with Gasteiger partial charge in [-0.05, 0) is 12.5 Å². The van der Waals surface area contributed by atoms with Gasteiger partial charge in [0.2, 0.25) is 0 Å². The van der Waals surface area contributed by atoms with Gasteiger partial charge in [0.1, 0.15) is 0 Å². The van der Waals surface area contributed by atoms with Crippen molar-refractivity contribution in [1.82, 2.24) is 15.1 Å². The van der Waals surface area contributed by atoms with Gasteiger partial charge in [0.15, 0.2) is 0 Å². The minimum Gasteiger partial charge on any atom is -0.313 e. The predicted octanol–water partition coefficient (Wildman–Crippen LogP) is 2.98. The second-order valence-corrected chi connectivity index (χ2v) is 6.31. The van der Waals surface area contributed by atoms with Gasteiger partial charge >= 0.3 is 0 Å². The summed E-state index contributed by atoms with van der Waals surface area (Å²) in [5.74, 6) is 0.696. The highest BCUT2D eigenvalue weighted by Crippen LogP contribution is 2.24. The highest BCUT2D eigenvalue weighted by Gasteiger charge is 2.20. The van der Waals surface area contributed by atoms with E-state index in [1.54, 1.807) is 0 Å². The van der Waals surface area contributed by atoms with Crippen molar-refractivity contribution >= 4 is 6.08 Å². The molecule has 1 heterocycles. The van der Waals surface area contributed by atoms with Crippen LogP contribution < -0.4 is 5.32 Å². The van der Waals surface area contributed by atoms with Crippen molar-refractivity contribution in [2.24, 2.45) is 13.0 Å². The number of hydrogen-bond donors (Lipinski definition) is 1. The minimum atomic E-state index is 0.0896. The molecule has 0 bridgehead atoms. The number of rotatable bonds is 5. The number of aryl methyl sites for hydroxylation is 1. The third-order valence-electron chi connectivity index (χ3n) is 2.68. The average Bonchev–Trinajstić information content (AvgIpc) is 2.58. The predicted molar refractivity (Wildman–Crippen MR) is 78.6 cm³/mol. The van der Waals surface area contributed by atoms with Gasteiger partial charge in [-0.25, -0.2) is 0 Å². The zero-order valence-corrected chi connectivity index (χ0v) is 12.6. The van der Waals surface area contributed by atoms with E-state index in [2.05, 4.69) is 63.4 Å². The van der Waals surface area contributed by atoms with Gasteiger partial charge in [-0.15, -0.1) is 0 Å². The molecule has 0 atom stereocenters. The van der Waals surface area contributed by atoms with Crippen molar-refractivity contribution < 1.29 is 0 Å². The molecule has 0 aromatic carbocycles. The Bertz CT molecular complexity index is 394. The van der Waals surface area contributed by atoms with E-state index in [1.165, 1.54) is 5.56 Å². The highest BCUT2D eigenvalue weighted by atomic mass is 15.3. The Balaban J connectivity index is 2.64. The van der Waals surface area contributed by atoms with Crippen molar-refractivity contribution in [2.75, 3.05) is 13.1 Å². The first-order valence-electron chi connectivity index (χ1n) is 6.72. The van der Waals surface area contributed by atoms with Gasteiger partial charge in [-0.1, -0.05) is 46.8 Å². The lowest BCUT2D eigenvalue weighted by molar-refractivity contribution is 0.552. The summed E-state index contributed by atoms with van der Waals surface area (Å²) in [5, 5.41) is 7.96. The molecule has 102 valence electrons. The number of nitrogens with zero attached hydrogens (tertiary/aromatic N) is 2. The van der Waals surface area contributed by atoms with Gasteiger partial charge in [0, 0.05) is 30.8 Å². The largest absolute Gasteiger partial charge is 0.313 e. The van der Waals surface area contributed by atoms with E-state index in [0.717, 1.165) is 18.8 Å². The lowest BCUT2D eigenvalue weighted by atomic mass is 9.89. The van der Waals surface area contributed by atoms with Crippen molar-refractivity contribution in [2.45, 2.75) is 40.0 Å². The van der Waals surface area contributed by atoms with Crippen LogP contribution in [0.5, 0.6) is 0 Å². The molecular formula is C15H27N3. The van der Waals surface area contributed by atoms with Crippen LogP contribution in [0.2, 0.25) is 0 Å². The Labute approximate surface area is 111 Å². The zero-order valence-electron chi connectivity index (χ0n) is 12.6. The van der Waals surface area contributed by atoms with E-state index in [4.69, 9.17) is 0 Å². The van der Waals surface area contributed by atoms with Crippen LogP contribution in [0.4, 0.5) is 0 Å². The molecule has 0 saturated carbocycles. The van der Waals surface area contributed by atoms with Crippen LogP contribution in [0.3, 0.4) is 0 Å². The molecule has 1 N–H and O–H groups in total. The number of aromatic nitrogens is 2. The molecule has 0 saturated heterocycles. The maximum atomic E-state index is 4.55. The molecular weight excluding hydrogens is 222 g/mol. The fourth-order valence-electron chi connectivity index (χ4n) is 1.85. The summed E-state index contributed by atoms with van der Waals surface area (Å²) in [6.45, 7) is 13.0. The standard InChI is InChI=1S/C15H27N3/c1-12(2)10-16-9-7-8-13-11-18(6)17-14(13)15(3,4)5/h7-8,11-12,16H,9-10H2,1-6H3/b8-7+. The molecule has 1 aromatic heterocycles. The molecule has 18 heavy (non-hydrogen) atoms. The molecule has 0 aliphatic heterocycles. The normalized spacial score (nSPS) is 12.8. The molecule has 0 aliphatic rings. The van der Waals surface area contributed by atoms with Crippen LogP contribution in [-0.4, -0.2) is 22.9 Å². The highest BCUT2D eigenvalue weighted by molar-refractivity contribution is 5.52. The van der Waals surface area contributed by atoms with Crippen molar-refractivity contribution in [3.8, 4) is 0 Å².